The highest BCUT2D eigenvalue weighted by Gasteiger charge is 2.21. The first-order valence-corrected chi connectivity index (χ1v) is 5.63. The summed E-state index contributed by atoms with van der Waals surface area (Å²) >= 11 is 0. The molecule has 0 aromatic rings. The molecule has 4 nitrogen and oxygen atoms in total. The summed E-state index contributed by atoms with van der Waals surface area (Å²) in [6.45, 7) is 0.812. The van der Waals surface area contributed by atoms with Crippen LogP contribution in [0.1, 0.15) is 31.1 Å². The van der Waals surface area contributed by atoms with Crippen LogP contribution in [-0.2, 0) is 4.74 Å². The minimum Gasteiger partial charge on any atom is -0.427 e. The number of aromatic nitrogens is 2. The van der Waals surface area contributed by atoms with Crippen molar-refractivity contribution in [2.24, 2.45) is 0 Å². The lowest BCUT2D eigenvalue weighted by Crippen LogP contribution is -2.11. The summed E-state index contributed by atoms with van der Waals surface area (Å²) in [5, 5.41) is 9.60. The monoisotopic (exact) mass is 218 g/mol. The van der Waals surface area contributed by atoms with Gasteiger partial charge in [0.05, 0.1) is 11.8 Å². The highest BCUT2D eigenvalue weighted by Crippen LogP contribution is 2.31. The van der Waals surface area contributed by atoms with Crippen molar-refractivity contribution in [2.75, 3.05) is 6.61 Å². The molecule has 0 bridgehead atoms. The van der Waals surface area contributed by atoms with E-state index >= 15 is 0 Å². The predicted octanol–water partition coefficient (Wildman–Crippen LogP) is 2.47. The van der Waals surface area contributed by atoms with Gasteiger partial charge in [-0.1, -0.05) is 0 Å². The third-order valence-electron chi connectivity index (χ3n) is 3.03. The van der Waals surface area contributed by atoms with Gasteiger partial charge in [0.1, 0.15) is 0 Å². The Morgan fingerprint density at radius 2 is 2.38 bits per heavy atom. The van der Waals surface area contributed by atoms with Gasteiger partial charge < -0.3 is 9.94 Å². The Labute approximate surface area is 93.8 Å². The zero-order valence-electron chi connectivity index (χ0n) is 8.97. The molecular formula is C12H14N2O2. The Morgan fingerprint density at radius 1 is 1.44 bits per heavy atom. The van der Waals surface area contributed by atoms with Crippen molar-refractivity contribution < 1.29 is 9.94 Å². The van der Waals surface area contributed by atoms with E-state index in [0.29, 0.717) is 5.82 Å². The molecule has 84 valence electrons. The van der Waals surface area contributed by atoms with E-state index in [-0.39, 0.29) is 6.10 Å². The number of nitrogens with zero attached hydrogens (tertiary/aromatic N) is 2. The van der Waals surface area contributed by atoms with E-state index in [2.05, 4.69) is 4.98 Å². The molecule has 0 spiro atoms. The smallest absolute Gasteiger partial charge is 0.175 e. The van der Waals surface area contributed by atoms with Crippen LogP contribution in [0.25, 0.3) is 11.4 Å². The molecule has 1 saturated heterocycles. The second-order valence-electron chi connectivity index (χ2n) is 4.17. The van der Waals surface area contributed by atoms with Gasteiger partial charge in [0, 0.05) is 18.4 Å². The first kappa shape index (κ1) is 9.66. The van der Waals surface area contributed by atoms with Gasteiger partial charge in [0.2, 0.25) is 0 Å². The van der Waals surface area contributed by atoms with E-state index in [1.54, 1.807) is 12.3 Å². The van der Waals surface area contributed by atoms with E-state index < -0.39 is 0 Å². The third kappa shape index (κ3) is 1.55. The van der Waals surface area contributed by atoms with Crippen molar-refractivity contribution in [3.8, 4) is 11.4 Å². The zero-order valence-corrected chi connectivity index (χ0v) is 8.97. The maximum Gasteiger partial charge on any atom is 0.175 e. The maximum absolute atomic E-state index is 9.60. The number of pyridine rings is 1. The Bertz CT molecular complexity index is 460. The second-order valence-corrected chi connectivity index (χ2v) is 4.17. The molecule has 0 saturated carbocycles. The van der Waals surface area contributed by atoms with Crippen molar-refractivity contribution in [3.05, 3.63) is 30.1 Å². The fourth-order valence-electron chi connectivity index (χ4n) is 2.19. The van der Waals surface area contributed by atoms with Gasteiger partial charge in [-0.15, -0.1) is 0 Å². The van der Waals surface area contributed by atoms with Crippen LogP contribution in [-0.4, -0.2) is 21.5 Å². The number of rotatable bonds is 1. The lowest BCUT2D eigenvalue weighted by molar-refractivity contribution is 0.0126. The summed E-state index contributed by atoms with van der Waals surface area (Å²) in [5.41, 5.74) is 1.89. The molecule has 1 fully saturated rings. The van der Waals surface area contributed by atoms with Crippen LogP contribution in [0.5, 0.6) is 0 Å². The highest BCUT2D eigenvalue weighted by molar-refractivity contribution is 5.58. The van der Waals surface area contributed by atoms with Gasteiger partial charge in [-0.3, -0.25) is 0 Å². The molecule has 4 heteroatoms. The normalized spacial score (nSPS) is 21.4. The molecule has 3 heterocycles. The average Bonchev–Trinajstić information content (AvgIpc) is 2.76. The van der Waals surface area contributed by atoms with Crippen molar-refractivity contribution in [1.29, 1.82) is 0 Å². The van der Waals surface area contributed by atoms with Crippen molar-refractivity contribution >= 4 is 0 Å². The van der Waals surface area contributed by atoms with Crippen LogP contribution in [0.3, 0.4) is 0 Å². The fraction of sp³-hybridized carbons (Fsp3) is 0.417. The largest absolute Gasteiger partial charge is 0.427 e. The molecule has 0 aliphatic carbocycles. The summed E-state index contributed by atoms with van der Waals surface area (Å²) in [6, 6.07) is 5.74. The van der Waals surface area contributed by atoms with Gasteiger partial charge in [0.25, 0.3) is 0 Å². The molecule has 0 aromatic heterocycles. The summed E-state index contributed by atoms with van der Waals surface area (Å²) in [5.74, 6) is 0.603. The summed E-state index contributed by atoms with van der Waals surface area (Å²) in [6.07, 6.45) is 5.03. The Balaban J connectivity index is 1.98. The number of ether oxygens (including phenoxy) is 1. The molecular weight excluding hydrogens is 204 g/mol. The SMILES string of the molecule is On1cccc2cc(C3CCCCO3)nc1-2. The highest BCUT2D eigenvalue weighted by atomic mass is 16.5. The van der Waals surface area contributed by atoms with E-state index in [9.17, 15) is 5.21 Å². The molecule has 0 radical (unpaired) electrons. The first-order chi connectivity index (χ1) is 7.84. The third-order valence-corrected chi connectivity index (χ3v) is 3.03. The molecule has 0 aromatic carbocycles. The van der Waals surface area contributed by atoms with Crippen molar-refractivity contribution in [2.45, 2.75) is 25.4 Å². The van der Waals surface area contributed by atoms with E-state index in [4.69, 9.17) is 4.74 Å². The van der Waals surface area contributed by atoms with Crippen LogP contribution in [0, 0.1) is 0 Å². The van der Waals surface area contributed by atoms with Crippen LogP contribution >= 0.6 is 0 Å². The fourth-order valence-corrected chi connectivity index (χ4v) is 2.19. The molecule has 1 N–H and O–H groups in total. The molecule has 3 aliphatic heterocycles. The quantitative estimate of drug-likeness (QED) is 0.748. The zero-order chi connectivity index (χ0) is 11.0. The standard InChI is InChI=1S/C12H14N2O2/c15-14-6-3-4-9-8-10(13-12(9)14)11-5-1-2-7-16-11/h3-4,6,8,11,15H,1-2,5,7H2. The van der Waals surface area contributed by atoms with Gasteiger partial charge in [-0.05, 0) is 37.5 Å². The minimum absolute atomic E-state index is 0.0983. The van der Waals surface area contributed by atoms with Crippen LogP contribution in [0.2, 0.25) is 0 Å². The van der Waals surface area contributed by atoms with E-state index in [1.807, 2.05) is 12.1 Å². The lowest BCUT2D eigenvalue weighted by atomic mass is 10.1. The first-order valence-electron chi connectivity index (χ1n) is 5.63. The van der Waals surface area contributed by atoms with E-state index in [0.717, 1.165) is 35.4 Å². The molecule has 3 aliphatic rings. The van der Waals surface area contributed by atoms with Gasteiger partial charge >= 0.3 is 0 Å². The van der Waals surface area contributed by atoms with Gasteiger partial charge in [-0.25, -0.2) is 4.98 Å². The Morgan fingerprint density at radius 3 is 3.12 bits per heavy atom. The molecule has 16 heavy (non-hydrogen) atoms. The lowest BCUT2D eigenvalue weighted by Gasteiger charge is -2.20. The van der Waals surface area contributed by atoms with Crippen molar-refractivity contribution in [3.63, 3.8) is 0 Å². The molecule has 3 rings (SSSR count). The number of hydrogen-bond acceptors (Lipinski definition) is 3. The van der Waals surface area contributed by atoms with Gasteiger partial charge in [-0.2, -0.15) is 4.73 Å². The van der Waals surface area contributed by atoms with Crippen LogP contribution in [0.4, 0.5) is 0 Å². The predicted molar refractivity (Wildman–Crippen MR) is 58.6 cm³/mol. The topological polar surface area (TPSA) is 47.3 Å². The van der Waals surface area contributed by atoms with Crippen molar-refractivity contribution in [1.82, 2.24) is 9.71 Å². The molecule has 0 amide bonds. The average molecular weight is 218 g/mol. The summed E-state index contributed by atoms with van der Waals surface area (Å²) in [7, 11) is 0. The number of hydrogen-bond donors (Lipinski definition) is 1. The minimum atomic E-state index is 0.0983. The second kappa shape index (κ2) is 3.79. The maximum atomic E-state index is 9.60. The molecule has 1 atom stereocenters. The number of fused-ring (bicyclic) bond motifs is 1. The van der Waals surface area contributed by atoms with Crippen LogP contribution < -0.4 is 0 Å². The summed E-state index contributed by atoms with van der Waals surface area (Å²) in [4.78, 5) is 4.42. The van der Waals surface area contributed by atoms with E-state index in [1.165, 1.54) is 6.42 Å². The Kier molecular flexibility index (Phi) is 2.29. The Hall–Kier alpha value is -1.55. The summed E-state index contributed by atoms with van der Waals surface area (Å²) < 4.78 is 6.74. The van der Waals surface area contributed by atoms with Crippen LogP contribution in [0.15, 0.2) is 24.4 Å². The molecule has 1 unspecified atom stereocenters. The van der Waals surface area contributed by atoms with Gasteiger partial charge in [0.15, 0.2) is 5.82 Å².